The molecule has 1 aromatic rings. The van der Waals surface area contributed by atoms with Crippen LogP contribution in [0.1, 0.15) is 71.6 Å². The lowest BCUT2D eigenvalue weighted by molar-refractivity contribution is 0.00580. The second-order valence-corrected chi connectivity index (χ2v) is 7.61. The van der Waals surface area contributed by atoms with Gasteiger partial charge in [-0.3, -0.25) is 9.97 Å². The van der Waals surface area contributed by atoms with E-state index in [2.05, 4.69) is 9.97 Å². The standard InChI is InChI=1S/C19H31N3O3/c1-15(17-14-20-10-11-21-17)24-13-7-9-16-8-5-6-12-22(16)18(23)25-19(2,3)4/h10-11,14-16H,5-9,12-13H2,1-4H3/t15-,16-/m1/s1. The number of ether oxygens (including phenoxy) is 2. The summed E-state index contributed by atoms with van der Waals surface area (Å²) in [6.45, 7) is 9.15. The Morgan fingerprint density at radius 3 is 2.84 bits per heavy atom. The first kappa shape index (κ1) is 19.6. The van der Waals surface area contributed by atoms with Crippen molar-refractivity contribution in [2.75, 3.05) is 13.2 Å². The molecule has 1 fully saturated rings. The van der Waals surface area contributed by atoms with Gasteiger partial charge in [-0.25, -0.2) is 4.79 Å². The molecule has 0 N–H and O–H groups in total. The predicted molar refractivity (Wildman–Crippen MR) is 96.2 cm³/mol. The average molecular weight is 349 g/mol. The van der Waals surface area contributed by atoms with Gasteiger partial charge in [0.2, 0.25) is 0 Å². The first-order valence-corrected chi connectivity index (χ1v) is 9.24. The molecule has 1 saturated heterocycles. The van der Waals surface area contributed by atoms with Crippen LogP contribution in [-0.2, 0) is 9.47 Å². The average Bonchev–Trinajstić information content (AvgIpc) is 2.58. The van der Waals surface area contributed by atoms with Gasteiger partial charge in [0.1, 0.15) is 5.60 Å². The van der Waals surface area contributed by atoms with E-state index in [1.165, 1.54) is 6.42 Å². The molecule has 1 amide bonds. The van der Waals surface area contributed by atoms with E-state index in [1.807, 2.05) is 32.6 Å². The Labute approximate surface area is 150 Å². The summed E-state index contributed by atoms with van der Waals surface area (Å²) in [5.41, 5.74) is 0.393. The summed E-state index contributed by atoms with van der Waals surface area (Å²) >= 11 is 0. The largest absolute Gasteiger partial charge is 0.444 e. The lowest BCUT2D eigenvalue weighted by atomic mass is 9.98. The van der Waals surface area contributed by atoms with E-state index in [0.717, 1.165) is 37.9 Å². The minimum Gasteiger partial charge on any atom is -0.444 e. The lowest BCUT2D eigenvalue weighted by Gasteiger charge is -2.37. The van der Waals surface area contributed by atoms with Crippen LogP contribution in [0.25, 0.3) is 0 Å². The van der Waals surface area contributed by atoms with Crippen LogP contribution in [0.5, 0.6) is 0 Å². The third-order valence-electron chi connectivity index (χ3n) is 4.30. The highest BCUT2D eigenvalue weighted by molar-refractivity contribution is 5.68. The highest BCUT2D eigenvalue weighted by Gasteiger charge is 2.30. The van der Waals surface area contributed by atoms with E-state index < -0.39 is 5.60 Å². The molecule has 25 heavy (non-hydrogen) atoms. The fraction of sp³-hybridized carbons (Fsp3) is 0.737. The Morgan fingerprint density at radius 2 is 2.16 bits per heavy atom. The summed E-state index contributed by atoms with van der Waals surface area (Å²) in [5, 5.41) is 0. The third kappa shape index (κ3) is 6.61. The number of nitrogens with zero attached hydrogens (tertiary/aromatic N) is 3. The van der Waals surface area contributed by atoms with Crippen molar-refractivity contribution in [3.8, 4) is 0 Å². The first-order chi connectivity index (χ1) is 11.9. The molecule has 0 unspecified atom stereocenters. The predicted octanol–water partition coefficient (Wildman–Crippen LogP) is 4.12. The number of piperidine rings is 1. The summed E-state index contributed by atoms with van der Waals surface area (Å²) in [6.07, 6.45) is 9.92. The zero-order chi connectivity index (χ0) is 18.3. The maximum atomic E-state index is 12.4. The highest BCUT2D eigenvalue weighted by atomic mass is 16.6. The van der Waals surface area contributed by atoms with Crippen LogP contribution >= 0.6 is 0 Å². The summed E-state index contributed by atoms with van der Waals surface area (Å²) in [7, 11) is 0. The van der Waals surface area contributed by atoms with Gasteiger partial charge in [-0.2, -0.15) is 0 Å². The lowest BCUT2D eigenvalue weighted by Crippen LogP contribution is -2.46. The fourth-order valence-electron chi connectivity index (χ4n) is 3.05. The van der Waals surface area contributed by atoms with E-state index in [4.69, 9.17) is 9.47 Å². The van der Waals surface area contributed by atoms with Crippen LogP contribution in [0.2, 0.25) is 0 Å². The molecule has 0 bridgehead atoms. The zero-order valence-corrected chi connectivity index (χ0v) is 15.9. The van der Waals surface area contributed by atoms with Crippen LogP contribution < -0.4 is 0 Å². The van der Waals surface area contributed by atoms with Crippen molar-refractivity contribution in [2.45, 2.75) is 77.5 Å². The number of amides is 1. The van der Waals surface area contributed by atoms with Crippen LogP contribution in [0, 0.1) is 0 Å². The fourth-order valence-corrected chi connectivity index (χ4v) is 3.05. The smallest absolute Gasteiger partial charge is 0.410 e. The van der Waals surface area contributed by atoms with Gasteiger partial charge >= 0.3 is 6.09 Å². The molecule has 0 aromatic carbocycles. The Morgan fingerprint density at radius 1 is 1.36 bits per heavy atom. The second kappa shape index (κ2) is 9.13. The van der Waals surface area contributed by atoms with E-state index in [9.17, 15) is 4.79 Å². The molecule has 140 valence electrons. The van der Waals surface area contributed by atoms with Crippen molar-refractivity contribution in [1.82, 2.24) is 14.9 Å². The molecule has 1 aliphatic rings. The number of likely N-dealkylation sites (tertiary alicyclic amines) is 1. The number of carbonyl (C=O) groups is 1. The molecule has 6 heteroatoms. The Balaban J connectivity index is 1.77. The monoisotopic (exact) mass is 349 g/mol. The summed E-state index contributed by atoms with van der Waals surface area (Å²) < 4.78 is 11.4. The summed E-state index contributed by atoms with van der Waals surface area (Å²) in [5.74, 6) is 0. The topological polar surface area (TPSA) is 64.5 Å². The van der Waals surface area contributed by atoms with Crippen molar-refractivity contribution in [1.29, 1.82) is 0 Å². The van der Waals surface area contributed by atoms with Gasteiger partial charge in [0.05, 0.1) is 18.0 Å². The number of hydrogen-bond donors (Lipinski definition) is 0. The van der Waals surface area contributed by atoms with Gasteiger partial charge in [-0.05, 0) is 59.8 Å². The van der Waals surface area contributed by atoms with Crippen molar-refractivity contribution < 1.29 is 14.3 Å². The molecule has 0 spiro atoms. The van der Waals surface area contributed by atoms with E-state index >= 15 is 0 Å². The van der Waals surface area contributed by atoms with Gasteiger partial charge in [0, 0.05) is 31.6 Å². The van der Waals surface area contributed by atoms with Crippen molar-refractivity contribution in [3.63, 3.8) is 0 Å². The molecule has 1 aromatic heterocycles. The van der Waals surface area contributed by atoms with E-state index in [-0.39, 0.29) is 18.2 Å². The number of carbonyl (C=O) groups excluding carboxylic acids is 1. The highest BCUT2D eigenvalue weighted by Crippen LogP contribution is 2.24. The van der Waals surface area contributed by atoms with E-state index in [0.29, 0.717) is 6.61 Å². The number of aromatic nitrogens is 2. The van der Waals surface area contributed by atoms with Crippen molar-refractivity contribution >= 4 is 6.09 Å². The van der Waals surface area contributed by atoms with E-state index in [1.54, 1.807) is 18.6 Å². The summed E-state index contributed by atoms with van der Waals surface area (Å²) in [4.78, 5) is 22.6. The molecule has 1 aliphatic heterocycles. The van der Waals surface area contributed by atoms with Crippen LogP contribution in [-0.4, -0.2) is 45.8 Å². The molecule has 2 atom stereocenters. The minimum atomic E-state index is -0.450. The third-order valence-corrected chi connectivity index (χ3v) is 4.30. The molecule has 6 nitrogen and oxygen atoms in total. The van der Waals surface area contributed by atoms with Crippen LogP contribution in [0.3, 0.4) is 0 Å². The minimum absolute atomic E-state index is 0.0676. The van der Waals surface area contributed by atoms with Gasteiger partial charge in [-0.1, -0.05) is 0 Å². The maximum absolute atomic E-state index is 12.4. The molecule has 2 rings (SSSR count). The second-order valence-electron chi connectivity index (χ2n) is 7.61. The Bertz CT molecular complexity index is 530. The van der Waals surface area contributed by atoms with Crippen LogP contribution in [0.15, 0.2) is 18.6 Å². The number of hydrogen-bond acceptors (Lipinski definition) is 5. The molecular weight excluding hydrogens is 318 g/mol. The van der Waals surface area contributed by atoms with Gasteiger partial charge in [-0.15, -0.1) is 0 Å². The van der Waals surface area contributed by atoms with Gasteiger partial charge in [0.25, 0.3) is 0 Å². The van der Waals surface area contributed by atoms with Gasteiger partial charge < -0.3 is 14.4 Å². The maximum Gasteiger partial charge on any atom is 0.410 e. The summed E-state index contributed by atoms with van der Waals surface area (Å²) in [6, 6.07) is 0.249. The molecule has 2 heterocycles. The van der Waals surface area contributed by atoms with Gasteiger partial charge in [0.15, 0.2) is 0 Å². The Kier molecular flexibility index (Phi) is 7.17. The number of rotatable bonds is 6. The molecular formula is C19H31N3O3. The van der Waals surface area contributed by atoms with Crippen molar-refractivity contribution in [3.05, 3.63) is 24.3 Å². The zero-order valence-electron chi connectivity index (χ0n) is 15.9. The molecule has 0 radical (unpaired) electrons. The SMILES string of the molecule is C[C@@H](OCCC[C@H]1CCCCN1C(=O)OC(C)(C)C)c1cnccn1. The Hall–Kier alpha value is -1.69. The molecule has 0 saturated carbocycles. The van der Waals surface area contributed by atoms with Crippen LogP contribution in [0.4, 0.5) is 4.79 Å². The quantitative estimate of drug-likeness (QED) is 0.723. The first-order valence-electron chi connectivity index (χ1n) is 9.24. The molecule has 0 aliphatic carbocycles. The normalized spacial score (nSPS) is 19.5. The van der Waals surface area contributed by atoms with Crippen molar-refractivity contribution in [2.24, 2.45) is 0 Å².